The molecule has 0 fully saturated rings. The highest BCUT2D eigenvalue weighted by Gasteiger charge is 2.38. The molecule has 0 aromatic heterocycles. The summed E-state index contributed by atoms with van der Waals surface area (Å²) < 4.78 is 39.8. The van der Waals surface area contributed by atoms with Gasteiger partial charge in [-0.15, -0.1) is 0 Å². The Bertz CT molecular complexity index is 897. The summed E-state index contributed by atoms with van der Waals surface area (Å²) in [6.45, 7) is 6.02. The van der Waals surface area contributed by atoms with Crippen LogP contribution in [0, 0.1) is 0 Å². The average molecular weight is 416 g/mol. The predicted molar refractivity (Wildman–Crippen MR) is 113 cm³/mol. The maximum atomic E-state index is 6.22. The number of benzene rings is 2. The quantitative estimate of drug-likeness (QED) is 0.568. The van der Waals surface area contributed by atoms with Crippen LogP contribution in [0.25, 0.3) is 0 Å². The predicted octanol–water partition coefficient (Wildman–Crippen LogP) is 4.21. The van der Waals surface area contributed by atoms with Crippen LogP contribution in [0.4, 0.5) is 0 Å². The molecule has 0 unspecified atom stereocenters. The van der Waals surface area contributed by atoms with Gasteiger partial charge in [0, 0.05) is 11.5 Å². The largest absolute Gasteiger partial charge is 0.493 e. The molecule has 2 aromatic rings. The maximum absolute atomic E-state index is 6.22. The van der Waals surface area contributed by atoms with E-state index >= 15 is 0 Å². The summed E-state index contributed by atoms with van der Waals surface area (Å²) in [4.78, 5) is 0. The molecule has 3 rings (SSSR count). The molecule has 7 heteroatoms. The van der Waals surface area contributed by atoms with Gasteiger partial charge >= 0.3 is 0 Å². The number of rotatable bonds is 9. The molecule has 0 aliphatic carbocycles. The molecule has 1 heterocycles. The molecule has 162 valence electrons. The van der Waals surface area contributed by atoms with Crippen molar-refractivity contribution in [3.05, 3.63) is 42.0 Å². The lowest BCUT2D eigenvalue weighted by Gasteiger charge is -2.20. The van der Waals surface area contributed by atoms with E-state index in [0.29, 0.717) is 46.9 Å². The summed E-state index contributed by atoms with van der Waals surface area (Å²) in [6.07, 6.45) is 1.49. The van der Waals surface area contributed by atoms with Crippen molar-refractivity contribution in [2.45, 2.75) is 18.9 Å². The van der Waals surface area contributed by atoms with Gasteiger partial charge in [-0.1, -0.05) is 12.7 Å². The third kappa shape index (κ3) is 3.56. The molecule has 1 aliphatic rings. The van der Waals surface area contributed by atoms with Crippen molar-refractivity contribution >= 4 is 0 Å². The second-order valence-corrected chi connectivity index (χ2v) is 6.72. The van der Waals surface area contributed by atoms with E-state index in [4.69, 9.17) is 33.2 Å². The first kappa shape index (κ1) is 21.5. The Labute approximate surface area is 177 Å². The van der Waals surface area contributed by atoms with Gasteiger partial charge in [-0.25, -0.2) is 0 Å². The highest BCUT2D eigenvalue weighted by Crippen LogP contribution is 2.55. The van der Waals surface area contributed by atoms with Crippen LogP contribution in [-0.2, 0) is 0 Å². The van der Waals surface area contributed by atoms with E-state index in [1.54, 1.807) is 41.6 Å². The van der Waals surface area contributed by atoms with E-state index in [0.717, 1.165) is 11.1 Å². The second-order valence-electron chi connectivity index (χ2n) is 6.72. The third-order valence-corrected chi connectivity index (χ3v) is 5.11. The molecule has 0 saturated carbocycles. The van der Waals surface area contributed by atoms with Crippen molar-refractivity contribution in [2.24, 2.45) is 0 Å². The van der Waals surface area contributed by atoms with Crippen LogP contribution in [0.2, 0.25) is 0 Å². The highest BCUT2D eigenvalue weighted by molar-refractivity contribution is 5.67. The molecule has 0 spiro atoms. The van der Waals surface area contributed by atoms with E-state index in [-0.39, 0.29) is 12.0 Å². The van der Waals surface area contributed by atoms with Crippen LogP contribution in [0.5, 0.6) is 40.2 Å². The van der Waals surface area contributed by atoms with E-state index < -0.39 is 0 Å². The molecule has 0 bridgehead atoms. The first-order valence-corrected chi connectivity index (χ1v) is 9.53. The van der Waals surface area contributed by atoms with Crippen LogP contribution in [0.1, 0.15) is 24.0 Å². The fourth-order valence-electron chi connectivity index (χ4n) is 3.83. The standard InChI is InChI=1S/C23H28O7/c1-8-9-29-22-18(26-5)12-15-19(13(2)30-20(15)23(22)28-7)14-10-16(24-3)21(27-6)17(11-14)25-4/h8,10-13,19H,1,9H2,2-7H3/t13-,19+/m0/s1. The highest BCUT2D eigenvalue weighted by atomic mass is 16.6. The number of ether oxygens (including phenoxy) is 7. The molecule has 2 atom stereocenters. The van der Waals surface area contributed by atoms with Crippen LogP contribution in [0.15, 0.2) is 30.9 Å². The van der Waals surface area contributed by atoms with Crippen LogP contribution in [-0.4, -0.2) is 48.3 Å². The fraction of sp³-hybridized carbons (Fsp3) is 0.391. The minimum atomic E-state index is -0.170. The van der Waals surface area contributed by atoms with Crippen molar-refractivity contribution in [1.29, 1.82) is 0 Å². The Morgan fingerprint density at radius 1 is 0.833 bits per heavy atom. The Morgan fingerprint density at radius 2 is 1.40 bits per heavy atom. The van der Waals surface area contributed by atoms with Gasteiger partial charge in [0.2, 0.25) is 17.2 Å². The third-order valence-electron chi connectivity index (χ3n) is 5.11. The van der Waals surface area contributed by atoms with Gasteiger partial charge in [0.15, 0.2) is 23.0 Å². The van der Waals surface area contributed by atoms with E-state index in [2.05, 4.69) is 6.58 Å². The summed E-state index contributed by atoms with van der Waals surface area (Å²) in [7, 11) is 7.95. The molecule has 0 radical (unpaired) electrons. The van der Waals surface area contributed by atoms with Crippen LogP contribution in [0.3, 0.4) is 0 Å². The molecule has 0 saturated heterocycles. The molecule has 0 N–H and O–H groups in total. The molecule has 30 heavy (non-hydrogen) atoms. The molecular formula is C23H28O7. The van der Waals surface area contributed by atoms with Gasteiger partial charge in [0.25, 0.3) is 0 Å². The second kappa shape index (κ2) is 9.07. The summed E-state index contributed by atoms with van der Waals surface area (Å²) in [5.74, 6) is 3.76. The van der Waals surface area contributed by atoms with E-state index in [1.165, 1.54) is 0 Å². The van der Waals surface area contributed by atoms with Gasteiger partial charge in [-0.2, -0.15) is 0 Å². The van der Waals surface area contributed by atoms with Gasteiger partial charge in [-0.3, -0.25) is 0 Å². The van der Waals surface area contributed by atoms with E-state index in [9.17, 15) is 0 Å². The summed E-state index contributed by atoms with van der Waals surface area (Å²) >= 11 is 0. The smallest absolute Gasteiger partial charge is 0.207 e. The zero-order valence-corrected chi connectivity index (χ0v) is 18.2. The summed E-state index contributed by atoms with van der Waals surface area (Å²) in [6, 6.07) is 5.79. The summed E-state index contributed by atoms with van der Waals surface area (Å²) in [5, 5.41) is 0. The zero-order chi connectivity index (χ0) is 21.8. The van der Waals surface area contributed by atoms with Gasteiger partial charge < -0.3 is 33.2 Å². The van der Waals surface area contributed by atoms with E-state index in [1.807, 2.05) is 25.1 Å². The molecule has 2 aromatic carbocycles. The van der Waals surface area contributed by atoms with Crippen molar-refractivity contribution in [3.63, 3.8) is 0 Å². The monoisotopic (exact) mass is 416 g/mol. The number of fused-ring (bicyclic) bond motifs is 1. The minimum absolute atomic E-state index is 0.107. The average Bonchev–Trinajstić information content (AvgIpc) is 3.10. The van der Waals surface area contributed by atoms with Crippen molar-refractivity contribution < 1.29 is 33.2 Å². The van der Waals surface area contributed by atoms with Crippen LogP contribution >= 0.6 is 0 Å². The minimum Gasteiger partial charge on any atom is -0.493 e. The van der Waals surface area contributed by atoms with Crippen LogP contribution < -0.4 is 33.2 Å². The SMILES string of the molecule is C=CCOc1c(OC)cc2c(c1OC)O[C@@H](C)[C@@H]2c1cc(OC)c(OC)c(OC)c1. The number of hydrogen-bond donors (Lipinski definition) is 0. The molecule has 0 amide bonds. The zero-order valence-electron chi connectivity index (χ0n) is 18.2. The normalized spacial score (nSPS) is 16.9. The number of hydrogen-bond acceptors (Lipinski definition) is 7. The topological polar surface area (TPSA) is 64.6 Å². The van der Waals surface area contributed by atoms with Gasteiger partial charge in [-0.05, 0) is 30.7 Å². The molecule has 7 nitrogen and oxygen atoms in total. The Balaban J connectivity index is 2.19. The van der Waals surface area contributed by atoms with Crippen molar-refractivity contribution in [3.8, 4) is 40.2 Å². The number of methoxy groups -OCH3 is 5. The Morgan fingerprint density at radius 3 is 1.90 bits per heavy atom. The summed E-state index contributed by atoms with van der Waals surface area (Å²) in [5.41, 5.74) is 1.89. The van der Waals surface area contributed by atoms with Gasteiger partial charge in [0.1, 0.15) is 12.7 Å². The lowest BCUT2D eigenvalue weighted by Crippen LogP contribution is -2.15. The Kier molecular flexibility index (Phi) is 6.50. The first-order valence-electron chi connectivity index (χ1n) is 9.53. The van der Waals surface area contributed by atoms with Gasteiger partial charge in [0.05, 0.1) is 35.5 Å². The van der Waals surface area contributed by atoms with Crippen molar-refractivity contribution in [1.82, 2.24) is 0 Å². The maximum Gasteiger partial charge on any atom is 0.207 e. The first-order chi connectivity index (χ1) is 14.5. The Hall–Kier alpha value is -3.22. The molecular weight excluding hydrogens is 388 g/mol. The molecule has 1 aliphatic heterocycles. The lowest BCUT2D eigenvalue weighted by molar-refractivity contribution is 0.224. The lowest BCUT2D eigenvalue weighted by atomic mass is 9.88. The van der Waals surface area contributed by atoms with Crippen molar-refractivity contribution in [2.75, 3.05) is 42.2 Å². The fourth-order valence-corrected chi connectivity index (χ4v) is 3.83.